The van der Waals surface area contributed by atoms with E-state index in [2.05, 4.69) is 14.2 Å². The van der Waals surface area contributed by atoms with Crippen LogP contribution in [0, 0.1) is 0 Å². The van der Waals surface area contributed by atoms with E-state index in [0.717, 1.165) is 0 Å². The molecule has 5 nitrogen and oxygen atoms in total. The maximum absolute atomic E-state index is 10.0. The first-order chi connectivity index (χ1) is 5.70. The van der Waals surface area contributed by atoms with Gasteiger partial charge >= 0.3 is 6.16 Å². The van der Waals surface area contributed by atoms with Crippen molar-refractivity contribution >= 4 is 6.16 Å². The summed E-state index contributed by atoms with van der Waals surface area (Å²) in [5.74, 6) is 0. The van der Waals surface area contributed by atoms with Crippen molar-refractivity contribution in [3.63, 3.8) is 0 Å². The van der Waals surface area contributed by atoms with Crippen molar-refractivity contribution in [3.05, 3.63) is 0 Å². The summed E-state index contributed by atoms with van der Waals surface area (Å²) in [6.45, 7) is 2.75. The predicted octanol–water partition coefficient (Wildman–Crippen LogP) is 0.167. The van der Waals surface area contributed by atoms with Gasteiger partial charge in [0.05, 0.1) is 13.2 Å². The van der Waals surface area contributed by atoms with E-state index in [1.165, 1.54) is 0 Å². The molecule has 1 saturated heterocycles. The minimum Gasteiger partial charge on any atom is -0.430 e. The van der Waals surface area contributed by atoms with Crippen LogP contribution >= 0.6 is 0 Å². The van der Waals surface area contributed by atoms with Crippen LogP contribution in [0.5, 0.6) is 0 Å². The highest BCUT2D eigenvalue weighted by molar-refractivity contribution is 5.61. The highest BCUT2D eigenvalue weighted by Gasteiger charge is 2.19. The van der Waals surface area contributed by atoms with E-state index in [4.69, 9.17) is 5.11 Å². The Balaban J connectivity index is 0.000000217. The average Bonchev–Trinajstić information content (AvgIpc) is 2.38. The molecule has 1 aliphatic heterocycles. The zero-order valence-electron chi connectivity index (χ0n) is 7.28. The predicted molar refractivity (Wildman–Crippen MR) is 40.9 cm³/mol. The second-order valence-electron chi connectivity index (χ2n) is 2.21. The van der Waals surface area contributed by atoms with Crippen molar-refractivity contribution in [2.24, 2.45) is 0 Å². The molecule has 0 aromatic carbocycles. The van der Waals surface area contributed by atoms with Gasteiger partial charge in [-0.05, 0) is 6.92 Å². The van der Waals surface area contributed by atoms with Crippen molar-refractivity contribution in [2.45, 2.75) is 13.0 Å². The number of cyclic esters (lactones) is 2. The number of ether oxygens (including phenoxy) is 3. The van der Waals surface area contributed by atoms with Crippen LogP contribution in [0.4, 0.5) is 4.79 Å². The lowest BCUT2D eigenvalue weighted by molar-refractivity contribution is 0.121. The second kappa shape index (κ2) is 6.87. The lowest BCUT2D eigenvalue weighted by atomic mass is 10.5. The molecule has 72 valence electrons. The van der Waals surface area contributed by atoms with Gasteiger partial charge in [-0.3, -0.25) is 0 Å². The fourth-order valence-electron chi connectivity index (χ4n) is 0.509. The van der Waals surface area contributed by atoms with Crippen molar-refractivity contribution in [2.75, 3.05) is 26.9 Å². The molecule has 0 radical (unpaired) electrons. The summed E-state index contributed by atoms with van der Waals surface area (Å²) in [5, 5.41) is 7.94. The molecule has 1 aliphatic rings. The molecule has 0 spiro atoms. The Morgan fingerprint density at radius 3 is 2.50 bits per heavy atom. The quantitative estimate of drug-likeness (QED) is 0.610. The molecular formula is C7H14O5. The van der Waals surface area contributed by atoms with E-state index in [0.29, 0.717) is 13.2 Å². The second-order valence-corrected chi connectivity index (χ2v) is 2.21. The van der Waals surface area contributed by atoms with E-state index in [9.17, 15) is 4.79 Å². The lowest BCUT2D eigenvalue weighted by Gasteiger charge is -1.90. The Hall–Kier alpha value is -0.810. The third-order valence-electron chi connectivity index (χ3n) is 1.03. The molecule has 12 heavy (non-hydrogen) atoms. The van der Waals surface area contributed by atoms with Crippen LogP contribution in [0.15, 0.2) is 0 Å². The molecule has 1 unspecified atom stereocenters. The highest BCUT2D eigenvalue weighted by atomic mass is 16.8. The van der Waals surface area contributed by atoms with E-state index in [-0.39, 0.29) is 12.7 Å². The van der Waals surface area contributed by atoms with Gasteiger partial charge in [0.15, 0.2) is 0 Å². The maximum Gasteiger partial charge on any atom is 0.508 e. The SMILES string of the molecule is CC1COC(=O)O1.COCCO. The van der Waals surface area contributed by atoms with Gasteiger partial charge < -0.3 is 19.3 Å². The summed E-state index contributed by atoms with van der Waals surface area (Å²) in [4.78, 5) is 10.0. The average molecular weight is 178 g/mol. The van der Waals surface area contributed by atoms with Crippen LogP contribution in [0.2, 0.25) is 0 Å². The number of aliphatic hydroxyl groups is 1. The van der Waals surface area contributed by atoms with Crippen LogP contribution < -0.4 is 0 Å². The van der Waals surface area contributed by atoms with Crippen molar-refractivity contribution < 1.29 is 24.1 Å². The van der Waals surface area contributed by atoms with Crippen LogP contribution in [-0.2, 0) is 14.2 Å². The molecule has 1 atom stereocenters. The van der Waals surface area contributed by atoms with E-state index >= 15 is 0 Å². The molecule has 0 aromatic rings. The molecule has 0 amide bonds. The largest absolute Gasteiger partial charge is 0.508 e. The molecule has 0 aliphatic carbocycles. The summed E-state index contributed by atoms with van der Waals surface area (Å²) < 4.78 is 13.3. The first-order valence-corrected chi connectivity index (χ1v) is 3.64. The Bertz CT molecular complexity index is 123. The first kappa shape index (κ1) is 11.2. The number of carbonyl (C=O) groups is 1. The zero-order valence-corrected chi connectivity index (χ0v) is 7.28. The fraction of sp³-hybridized carbons (Fsp3) is 0.857. The van der Waals surface area contributed by atoms with Crippen LogP contribution in [-0.4, -0.2) is 44.3 Å². The maximum atomic E-state index is 10.0. The van der Waals surface area contributed by atoms with E-state index in [1.54, 1.807) is 14.0 Å². The minimum atomic E-state index is -0.549. The van der Waals surface area contributed by atoms with Crippen molar-refractivity contribution in [3.8, 4) is 0 Å². The molecule has 0 bridgehead atoms. The smallest absolute Gasteiger partial charge is 0.430 e. The number of rotatable bonds is 2. The normalized spacial score (nSPS) is 20.6. The number of hydrogen-bond acceptors (Lipinski definition) is 5. The van der Waals surface area contributed by atoms with Crippen molar-refractivity contribution in [1.29, 1.82) is 0 Å². The summed E-state index contributed by atoms with van der Waals surface area (Å²) in [6.07, 6.45) is -0.597. The van der Waals surface area contributed by atoms with E-state index < -0.39 is 6.16 Å². The molecule has 0 aromatic heterocycles. The topological polar surface area (TPSA) is 65.0 Å². The monoisotopic (exact) mass is 178 g/mol. The van der Waals surface area contributed by atoms with Crippen LogP contribution in [0.1, 0.15) is 6.92 Å². The Kier molecular flexibility index (Phi) is 6.41. The van der Waals surface area contributed by atoms with Gasteiger partial charge in [0, 0.05) is 7.11 Å². The standard InChI is InChI=1S/C4H6O3.C3H8O2/c1-3-2-6-4(5)7-3;1-5-3-2-4/h3H,2H2,1H3;4H,2-3H2,1H3. The molecule has 1 N–H and O–H groups in total. The Morgan fingerprint density at radius 2 is 2.42 bits per heavy atom. The highest BCUT2D eigenvalue weighted by Crippen LogP contribution is 2.02. The zero-order chi connectivity index (χ0) is 9.40. The summed E-state index contributed by atoms with van der Waals surface area (Å²) in [7, 11) is 1.55. The van der Waals surface area contributed by atoms with Gasteiger partial charge in [0.1, 0.15) is 12.7 Å². The number of hydrogen-bond donors (Lipinski definition) is 1. The van der Waals surface area contributed by atoms with Crippen LogP contribution in [0.25, 0.3) is 0 Å². The number of carbonyl (C=O) groups excluding carboxylic acids is 1. The third kappa shape index (κ3) is 5.94. The van der Waals surface area contributed by atoms with Gasteiger partial charge in [0.2, 0.25) is 0 Å². The number of aliphatic hydroxyl groups excluding tert-OH is 1. The Morgan fingerprint density at radius 1 is 1.75 bits per heavy atom. The lowest BCUT2D eigenvalue weighted by Crippen LogP contribution is -2.01. The summed E-state index contributed by atoms with van der Waals surface area (Å²) in [5.41, 5.74) is 0. The molecule has 1 fully saturated rings. The molecule has 1 rings (SSSR count). The minimum absolute atomic E-state index is 0.0486. The first-order valence-electron chi connectivity index (χ1n) is 3.64. The summed E-state index contributed by atoms with van der Waals surface area (Å²) in [6, 6.07) is 0. The van der Waals surface area contributed by atoms with E-state index in [1.807, 2.05) is 0 Å². The van der Waals surface area contributed by atoms with Gasteiger partial charge in [-0.15, -0.1) is 0 Å². The molecular weight excluding hydrogens is 164 g/mol. The Labute approximate surface area is 71.2 Å². The third-order valence-corrected chi connectivity index (χ3v) is 1.03. The van der Waals surface area contributed by atoms with Gasteiger partial charge in [-0.1, -0.05) is 0 Å². The fourth-order valence-corrected chi connectivity index (χ4v) is 0.509. The van der Waals surface area contributed by atoms with Crippen LogP contribution in [0.3, 0.4) is 0 Å². The number of methoxy groups -OCH3 is 1. The van der Waals surface area contributed by atoms with Gasteiger partial charge in [-0.25, -0.2) is 4.79 Å². The molecule has 5 heteroatoms. The van der Waals surface area contributed by atoms with Crippen molar-refractivity contribution in [1.82, 2.24) is 0 Å². The molecule has 0 saturated carbocycles. The van der Waals surface area contributed by atoms with Gasteiger partial charge in [-0.2, -0.15) is 0 Å². The van der Waals surface area contributed by atoms with Gasteiger partial charge in [0.25, 0.3) is 0 Å². The molecule has 1 heterocycles. The summed E-state index contributed by atoms with van der Waals surface area (Å²) >= 11 is 0.